The van der Waals surface area contributed by atoms with Crippen LogP contribution in [0.15, 0.2) is 18.2 Å². The molecule has 0 atom stereocenters. The molecule has 9 heteroatoms. The zero-order valence-electron chi connectivity index (χ0n) is 12.9. The van der Waals surface area contributed by atoms with E-state index in [0.29, 0.717) is 0 Å². The van der Waals surface area contributed by atoms with Crippen LogP contribution in [0.1, 0.15) is 19.4 Å². The molecule has 0 saturated carbocycles. The summed E-state index contributed by atoms with van der Waals surface area (Å²) in [6.45, 7) is 3.29. The number of hydrogen-bond acceptors (Lipinski definition) is 4. The summed E-state index contributed by atoms with van der Waals surface area (Å²) >= 11 is 0. The van der Waals surface area contributed by atoms with Crippen LogP contribution in [-0.2, 0) is 25.6 Å². The molecule has 1 aliphatic rings. The Balaban J connectivity index is 2.05. The highest BCUT2D eigenvalue weighted by Gasteiger charge is 2.43. The summed E-state index contributed by atoms with van der Waals surface area (Å²) in [5.74, 6) is -2.25. The third kappa shape index (κ3) is 4.27. The highest BCUT2D eigenvalue weighted by molar-refractivity contribution is 7.92. The second-order valence-corrected chi connectivity index (χ2v) is 10.4. The lowest BCUT2D eigenvalue weighted by atomic mass is 10.2. The van der Waals surface area contributed by atoms with Gasteiger partial charge in [-0.1, -0.05) is 13.8 Å². The van der Waals surface area contributed by atoms with E-state index in [1.165, 1.54) is 0 Å². The average Bonchev–Trinajstić information content (AvgIpc) is 2.28. The van der Waals surface area contributed by atoms with Gasteiger partial charge in [0.2, 0.25) is 10.0 Å². The van der Waals surface area contributed by atoms with Crippen molar-refractivity contribution in [3.8, 4) is 0 Å². The molecule has 0 spiro atoms. The highest BCUT2D eigenvalue weighted by atomic mass is 32.2. The molecule has 0 radical (unpaired) electrons. The minimum atomic E-state index is -3.88. The molecule has 1 aliphatic heterocycles. The van der Waals surface area contributed by atoms with Crippen LogP contribution in [0.5, 0.6) is 0 Å². The molecule has 0 aliphatic carbocycles. The highest BCUT2D eigenvalue weighted by Crippen LogP contribution is 2.25. The first-order valence-electron chi connectivity index (χ1n) is 7.14. The number of nitrogens with zero attached hydrogens (tertiary/aromatic N) is 1. The zero-order chi connectivity index (χ0) is 17.4. The summed E-state index contributed by atoms with van der Waals surface area (Å²) < 4.78 is 76.1. The van der Waals surface area contributed by atoms with Gasteiger partial charge in [-0.25, -0.2) is 25.6 Å². The maximum atomic E-state index is 13.5. The lowest BCUT2D eigenvalue weighted by Crippen LogP contribution is -2.57. The fourth-order valence-electron chi connectivity index (χ4n) is 2.40. The molecule has 0 aromatic heterocycles. The summed E-state index contributed by atoms with van der Waals surface area (Å²) in [4.78, 5) is 0. The van der Waals surface area contributed by atoms with Gasteiger partial charge < -0.3 is 0 Å². The Hall–Kier alpha value is -1.06. The SMILES string of the molecule is CC(C)CS(=O)(=O)C1CN(S(=O)(=O)Cc2cc(F)ccc2F)C1. The van der Waals surface area contributed by atoms with E-state index in [-0.39, 0.29) is 30.3 Å². The first-order valence-corrected chi connectivity index (χ1v) is 10.5. The summed E-state index contributed by atoms with van der Waals surface area (Å²) in [5, 5.41) is -0.725. The van der Waals surface area contributed by atoms with Crippen molar-refractivity contribution < 1.29 is 25.6 Å². The quantitative estimate of drug-likeness (QED) is 0.765. The summed E-state index contributed by atoms with van der Waals surface area (Å²) in [6, 6.07) is 2.61. The number of sulfonamides is 1. The molecule has 1 fully saturated rings. The number of benzene rings is 1. The Morgan fingerprint density at radius 3 is 2.35 bits per heavy atom. The maximum absolute atomic E-state index is 13.5. The van der Waals surface area contributed by atoms with E-state index in [1.807, 2.05) is 0 Å². The van der Waals surface area contributed by atoms with Crippen molar-refractivity contribution in [1.29, 1.82) is 0 Å². The van der Waals surface area contributed by atoms with Crippen LogP contribution in [-0.4, -0.2) is 45.2 Å². The molecule has 0 amide bonds. The molecular formula is C14H19F2NO4S2. The van der Waals surface area contributed by atoms with Crippen molar-refractivity contribution in [2.45, 2.75) is 24.9 Å². The third-order valence-electron chi connectivity index (χ3n) is 3.63. The monoisotopic (exact) mass is 367 g/mol. The molecule has 1 aromatic rings. The summed E-state index contributed by atoms with van der Waals surface area (Å²) in [6.07, 6.45) is 0. The molecule has 1 saturated heterocycles. The normalized spacial score (nSPS) is 17.4. The molecular weight excluding hydrogens is 348 g/mol. The number of halogens is 2. The average molecular weight is 367 g/mol. The van der Waals surface area contributed by atoms with Crippen LogP contribution >= 0.6 is 0 Å². The minimum absolute atomic E-state index is 0.00405. The second kappa shape index (κ2) is 6.45. The van der Waals surface area contributed by atoms with Crippen molar-refractivity contribution in [2.75, 3.05) is 18.8 Å². The lowest BCUT2D eigenvalue weighted by Gasteiger charge is -2.37. The lowest BCUT2D eigenvalue weighted by molar-refractivity contribution is 0.308. The maximum Gasteiger partial charge on any atom is 0.218 e. The first-order chi connectivity index (χ1) is 10.5. The topological polar surface area (TPSA) is 71.5 Å². The molecule has 0 N–H and O–H groups in total. The zero-order valence-corrected chi connectivity index (χ0v) is 14.5. The van der Waals surface area contributed by atoms with Gasteiger partial charge in [-0.3, -0.25) is 0 Å². The van der Waals surface area contributed by atoms with E-state index in [1.54, 1.807) is 13.8 Å². The van der Waals surface area contributed by atoms with Crippen molar-refractivity contribution in [1.82, 2.24) is 4.31 Å². The molecule has 1 heterocycles. The van der Waals surface area contributed by atoms with Gasteiger partial charge in [-0.05, 0) is 24.1 Å². The Labute approximate surface area is 135 Å². The molecule has 0 bridgehead atoms. The van der Waals surface area contributed by atoms with Crippen molar-refractivity contribution in [2.24, 2.45) is 5.92 Å². The van der Waals surface area contributed by atoms with Crippen LogP contribution in [0, 0.1) is 17.6 Å². The third-order valence-corrected chi connectivity index (χ3v) is 7.83. The fraction of sp³-hybridized carbons (Fsp3) is 0.571. The number of sulfone groups is 1. The van der Waals surface area contributed by atoms with Gasteiger partial charge in [0.05, 0.1) is 16.8 Å². The van der Waals surface area contributed by atoms with Crippen LogP contribution < -0.4 is 0 Å². The first kappa shape index (κ1) is 18.3. The molecule has 5 nitrogen and oxygen atoms in total. The van der Waals surface area contributed by atoms with Crippen molar-refractivity contribution in [3.05, 3.63) is 35.4 Å². The molecule has 23 heavy (non-hydrogen) atoms. The van der Waals surface area contributed by atoms with Gasteiger partial charge in [-0.15, -0.1) is 0 Å². The summed E-state index contributed by atoms with van der Waals surface area (Å²) in [5.41, 5.74) is -0.265. The summed E-state index contributed by atoms with van der Waals surface area (Å²) in [7, 11) is -7.22. The molecule has 130 valence electrons. The Morgan fingerprint density at radius 1 is 1.17 bits per heavy atom. The minimum Gasteiger partial charge on any atom is -0.228 e. The van der Waals surface area contributed by atoms with Gasteiger partial charge in [-0.2, -0.15) is 4.31 Å². The van der Waals surface area contributed by atoms with E-state index >= 15 is 0 Å². The number of hydrogen-bond donors (Lipinski definition) is 0. The predicted octanol–water partition coefficient (Wildman–Crippen LogP) is 1.55. The number of rotatable bonds is 6. The predicted molar refractivity (Wildman–Crippen MR) is 83.0 cm³/mol. The van der Waals surface area contributed by atoms with Crippen LogP contribution in [0.4, 0.5) is 8.78 Å². The second-order valence-electron chi connectivity index (χ2n) is 6.15. The van der Waals surface area contributed by atoms with Crippen molar-refractivity contribution >= 4 is 19.9 Å². The Bertz CT molecular complexity index is 785. The van der Waals surface area contributed by atoms with E-state index in [0.717, 1.165) is 22.5 Å². The smallest absolute Gasteiger partial charge is 0.218 e. The van der Waals surface area contributed by atoms with Gasteiger partial charge in [0.15, 0.2) is 9.84 Å². The van der Waals surface area contributed by atoms with Crippen LogP contribution in [0.2, 0.25) is 0 Å². The fourth-order valence-corrected chi connectivity index (χ4v) is 6.21. The molecule has 0 unspecified atom stereocenters. The Kier molecular flexibility index (Phi) is 5.12. The van der Waals surface area contributed by atoms with Crippen LogP contribution in [0.3, 0.4) is 0 Å². The van der Waals surface area contributed by atoms with E-state index < -0.39 is 42.5 Å². The van der Waals surface area contributed by atoms with Crippen molar-refractivity contribution in [3.63, 3.8) is 0 Å². The van der Waals surface area contributed by atoms with E-state index in [4.69, 9.17) is 0 Å². The van der Waals surface area contributed by atoms with Gasteiger partial charge in [0.1, 0.15) is 11.6 Å². The molecule has 2 rings (SSSR count). The Morgan fingerprint density at radius 2 is 1.78 bits per heavy atom. The van der Waals surface area contributed by atoms with Gasteiger partial charge >= 0.3 is 0 Å². The standard InChI is InChI=1S/C14H19F2NO4S2/c1-10(2)8-22(18,19)13-6-17(7-13)23(20,21)9-11-5-12(15)3-4-14(11)16/h3-5,10,13H,6-9H2,1-2H3. The van der Waals surface area contributed by atoms with E-state index in [2.05, 4.69) is 0 Å². The van der Waals surface area contributed by atoms with E-state index in [9.17, 15) is 25.6 Å². The largest absolute Gasteiger partial charge is 0.228 e. The van der Waals surface area contributed by atoms with Gasteiger partial charge in [0.25, 0.3) is 0 Å². The molecule has 1 aromatic carbocycles. The van der Waals surface area contributed by atoms with Crippen LogP contribution in [0.25, 0.3) is 0 Å². The van der Waals surface area contributed by atoms with Gasteiger partial charge in [0, 0.05) is 18.7 Å².